The van der Waals surface area contributed by atoms with E-state index in [9.17, 15) is 4.79 Å². The van der Waals surface area contributed by atoms with Crippen molar-refractivity contribution >= 4 is 5.91 Å². The Balaban J connectivity index is 1.54. The van der Waals surface area contributed by atoms with Crippen molar-refractivity contribution in [3.63, 3.8) is 0 Å². The molecule has 0 radical (unpaired) electrons. The average Bonchev–Trinajstić information content (AvgIpc) is 3.02. The maximum Gasteiger partial charge on any atom is 0.222 e. The topological polar surface area (TPSA) is 104 Å². The molecule has 2 atom stereocenters. The Morgan fingerprint density at radius 3 is 3.04 bits per heavy atom. The second kappa shape index (κ2) is 8.02. The molecule has 3 rings (SSSR count). The molecule has 0 bridgehead atoms. The van der Waals surface area contributed by atoms with E-state index in [0.717, 1.165) is 5.69 Å². The van der Waals surface area contributed by atoms with Gasteiger partial charge in [0.1, 0.15) is 17.7 Å². The third-order valence-corrected chi connectivity index (χ3v) is 4.08. The Bertz CT molecular complexity index is 702. The maximum atomic E-state index is 12.3. The summed E-state index contributed by atoms with van der Waals surface area (Å²) in [7, 11) is 0. The monoisotopic (exact) mass is 346 g/mol. The molecule has 1 saturated heterocycles. The SMILES string of the molecule is Cc1ccc(O[C@H]2COCC[C@H]2NC(=O)CCn2nnnc2C)cn1. The van der Waals surface area contributed by atoms with Crippen LogP contribution >= 0.6 is 0 Å². The van der Waals surface area contributed by atoms with E-state index < -0.39 is 0 Å². The predicted molar refractivity (Wildman–Crippen MR) is 87.9 cm³/mol. The number of carbonyl (C=O) groups excluding carboxylic acids is 1. The number of pyridine rings is 1. The summed E-state index contributed by atoms with van der Waals surface area (Å²) in [5.41, 5.74) is 0.926. The zero-order valence-electron chi connectivity index (χ0n) is 14.4. The van der Waals surface area contributed by atoms with Crippen LogP contribution in [0.5, 0.6) is 5.75 Å². The van der Waals surface area contributed by atoms with Gasteiger partial charge in [-0.05, 0) is 42.8 Å². The lowest BCUT2D eigenvalue weighted by molar-refractivity contribution is -0.124. The van der Waals surface area contributed by atoms with Gasteiger partial charge in [-0.2, -0.15) is 0 Å². The fraction of sp³-hybridized carbons (Fsp3) is 0.562. The number of ether oxygens (including phenoxy) is 2. The van der Waals surface area contributed by atoms with Crippen LogP contribution in [0.25, 0.3) is 0 Å². The van der Waals surface area contributed by atoms with Crippen LogP contribution in [-0.4, -0.2) is 56.5 Å². The molecule has 1 amide bonds. The molecule has 0 unspecified atom stereocenters. The minimum atomic E-state index is -0.239. The van der Waals surface area contributed by atoms with Crippen molar-refractivity contribution in [2.75, 3.05) is 13.2 Å². The first-order chi connectivity index (χ1) is 12.1. The van der Waals surface area contributed by atoms with Crippen LogP contribution in [0.2, 0.25) is 0 Å². The van der Waals surface area contributed by atoms with E-state index >= 15 is 0 Å². The molecule has 0 aromatic carbocycles. The Hall–Kier alpha value is -2.55. The number of rotatable bonds is 6. The van der Waals surface area contributed by atoms with Crippen LogP contribution in [0.15, 0.2) is 18.3 Å². The number of aryl methyl sites for hydroxylation is 3. The summed E-state index contributed by atoms with van der Waals surface area (Å²) in [6.07, 6.45) is 2.46. The summed E-state index contributed by atoms with van der Waals surface area (Å²) in [5, 5.41) is 14.2. The molecule has 1 N–H and O–H groups in total. The summed E-state index contributed by atoms with van der Waals surface area (Å²) in [4.78, 5) is 16.5. The normalized spacial score (nSPS) is 20.2. The molecule has 3 heterocycles. The molecule has 134 valence electrons. The first-order valence-electron chi connectivity index (χ1n) is 8.31. The van der Waals surface area contributed by atoms with Crippen molar-refractivity contribution in [2.24, 2.45) is 0 Å². The highest BCUT2D eigenvalue weighted by atomic mass is 16.5. The van der Waals surface area contributed by atoms with Crippen LogP contribution in [0.3, 0.4) is 0 Å². The van der Waals surface area contributed by atoms with Crippen LogP contribution in [0.4, 0.5) is 0 Å². The molecule has 1 fully saturated rings. The molecule has 9 nitrogen and oxygen atoms in total. The Morgan fingerprint density at radius 1 is 1.44 bits per heavy atom. The zero-order valence-corrected chi connectivity index (χ0v) is 14.4. The predicted octanol–water partition coefficient (Wildman–Crippen LogP) is 0.428. The van der Waals surface area contributed by atoms with E-state index in [2.05, 4.69) is 25.8 Å². The summed E-state index contributed by atoms with van der Waals surface area (Å²) in [6.45, 7) is 5.20. The van der Waals surface area contributed by atoms with Gasteiger partial charge in [0.15, 0.2) is 0 Å². The average molecular weight is 346 g/mol. The van der Waals surface area contributed by atoms with Crippen LogP contribution in [0.1, 0.15) is 24.4 Å². The largest absolute Gasteiger partial charge is 0.484 e. The van der Waals surface area contributed by atoms with Crippen molar-refractivity contribution in [1.29, 1.82) is 0 Å². The summed E-state index contributed by atoms with van der Waals surface area (Å²) >= 11 is 0. The van der Waals surface area contributed by atoms with Gasteiger partial charge in [0.05, 0.1) is 25.4 Å². The van der Waals surface area contributed by atoms with Crippen molar-refractivity contribution in [3.8, 4) is 5.75 Å². The number of nitrogens with one attached hydrogen (secondary N) is 1. The molecular formula is C16H22N6O3. The summed E-state index contributed by atoms with van der Waals surface area (Å²) in [5.74, 6) is 1.30. The lowest BCUT2D eigenvalue weighted by Crippen LogP contribution is -2.51. The highest BCUT2D eigenvalue weighted by Gasteiger charge is 2.29. The molecule has 0 saturated carbocycles. The molecule has 1 aliphatic rings. The molecule has 0 spiro atoms. The van der Waals surface area contributed by atoms with Gasteiger partial charge in [0, 0.05) is 18.7 Å². The van der Waals surface area contributed by atoms with Crippen LogP contribution in [0, 0.1) is 13.8 Å². The quantitative estimate of drug-likeness (QED) is 0.808. The van der Waals surface area contributed by atoms with E-state index in [1.54, 1.807) is 17.8 Å². The minimum Gasteiger partial charge on any atom is -0.484 e. The van der Waals surface area contributed by atoms with Gasteiger partial charge in [-0.1, -0.05) is 0 Å². The van der Waals surface area contributed by atoms with Crippen molar-refractivity contribution in [3.05, 3.63) is 29.8 Å². The second-order valence-corrected chi connectivity index (χ2v) is 6.03. The molecule has 2 aromatic heterocycles. The smallest absolute Gasteiger partial charge is 0.222 e. The van der Waals surface area contributed by atoms with Gasteiger partial charge in [0.25, 0.3) is 0 Å². The number of aromatic nitrogens is 5. The van der Waals surface area contributed by atoms with Gasteiger partial charge in [0.2, 0.25) is 5.91 Å². The van der Waals surface area contributed by atoms with Crippen LogP contribution < -0.4 is 10.1 Å². The van der Waals surface area contributed by atoms with Crippen molar-refractivity contribution in [1.82, 2.24) is 30.5 Å². The number of hydrogen-bond acceptors (Lipinski definition) is 7. The lowest BCUT2D eigenvalue weighted by Gasteiger charge is -2.32. The third-order valence-electron chi connectivity index (χ3n) is 4.08. The van der Waals surface area contributed by atoms with E-state index in [0.29, 0.717) is 44.2 Å². The number of hydrogen-bond donors (Lipinski definition) is 1. The lowest BCUT2D eigenvalue weighted by atomic mass is 10.1. The molecular weight excluding hydrogens is 324 g/mol. The molecule has 1 aliphatic heterocycles. The van der Waals surface area contributed by atoms with Crippen molar-refractivity contribution in [2.45, 2.75) is 45.4 Å². The van der Waals surface area contributed by atoms with Gasteiger partial charge >= 0.3 is 0 Å². The maximum absolute atomic E-state index is 12.3. The van der Waals surface area contributed by atoms with Gasteiger partial charge in [-0.25, -0.2) is 4.68 Å². The molecule has 9 heteroatoms. The standard InChI is InChI=1S/C16H22N6O3/c1-11-3-4-13(9-17-11)25-15-10-24-8-6-14(15)18-16(23)5-7-22-12(2)19-20-21-22/h3-4,9,14-15H,5-8,10H2,1-2H3,(H,18,23)/t14-,15+/m1/s1. The van der Waals surface area contributed by atoms with Crippen LogP contribution in [-0.2, 0) is 16.1 Å². The van der Waals surface area contributed by atoms with E-state index in [1.807, 2.05) is 19.1 Å². The minimum absolute atomic E-state index is 0.0579. The summed E-state index contributed by atoms with van der Waals surface area (Å²) in [6, 6.07) is 3.66. The molecule has 25 heavy (non-hydrogen) atoms. The van der Waals surface area contributed by atoms with E-state index in [-0.39, 0.29) is 18.1 Å². The second-order valence-electron chi connectivity index (χ2n) is 6.03. The Labute approximate surface area is 145 Å². The number of amides is 1. The fourth-order valence-electron chi connectivity index (χ4n) is 2.63. The summed E-state index contributed by atoms with van der Waals surface area (Å²) < 4.78 is 13.1. The highest BCUT2D eigenvalue weighted by molar-refractivity contribution is 5.76. The Kier molecular flexibility index (Phi) is 5.54. The zero-order chi connectivity index (χ0) is 17.6. The van der Waals surface area contributed by atoms with E-state index in [1.165, 1.54) is 0 Å². The number of nitrogens with zero attached hydrogens (tertiary/aromatic N) is 5. The number of carbonyl (C=O) groups is 1. The van der Waals surface area contributed by atoms with Gasteiger partial charge < -0.3 is 14.8 Å². The molecule has 2 aromatic rings. The Morgan fingerprint density at radius 2 is 2.32 bits per heavy atom. The molecule has 0 aliphatic carbocycles. The van der Waals surface area contributed by atoms with Gasteiger partial charge in [-0.3, -0.25) is 9.78 Å². The first-order valence-corrected chi connectivity index (χ1v) is 8.31. The fourth-order valence-corrected chi connectivity index (χ4v) is 2.63. The number of tetrazole rings is 1. The van der Waals surface area contributed by atoms with E-state index in [4.69, 9.17) is 9.47 Å². The van der Waals surface area contributed by atoms with Crippen molar-refractivity contribution < 1.29 is 14.3 Å². The first kappa shape index (κ1) is 17.3. The third kappa shape index (κ3) is 4.72. The highest BCUT2D eigenvalue weighted by Crippen LogP contribution is 2.17. The van der Waals surface area contributed by atoms with Gasteiger partial charge in [-0.15, -0.1) is 5.10 Å².